The van der Waals surface area contributed by atoms with Crippen molar-refractivity contribution in [3.05, 3.63) is 95.2 Å². The molecule has 0 aromatic heterocycles. The summed E-state index contributed by atoms with van der Waals surface area (Å²) >= 11 is 0. The Labute approximate surface area is 225 Å². The summed E-state index contributed by atoms with van der Waals surface area (Å²) in [5.41, 5.74) is 3.06. The van der Waals surface area contributed by atoms with Crippen LogP contribution in [-0.2, 0) is 9.59 Å². The number of rotatable bonds is 6. The number of amides is 2. The molecule has 3 aliphatic heterocycles. The molecule has 3 aliphatic rings. The zero-order chi connectivity index (χ0) is 27.4. The molecule has 0 bridgehead atoms. The van der Waals surface area contributed by atoms with Crippen LogP contribution in [0.5, 0.6) is 11.5 Å². The van der Waals surface area contributed by atoms with Gasteiger partial charge in [0.15, 0.2) is 23.1 Å². The second-order valence-electron chi connectivity index (χ2n) is 9.88. The lowest BCUT2D eigenvalue weighted by atomic mass is 9.83. The highest BCUT2D eigenvalue weighted by Gasteiger charge is 2.64. The minimum Gasteiger partial charge on any atom is -0.493 e. The van der Waals surface area contributed by atoms with E-state index in [1.54, 1.807) is 42.5 Å². The molecule has 196 valence electrons. The average molecular weight is 523 g/mol. The maximum Gasteiger partial charge on any atom is 0.240 e. The minimum atomic E-state index is -0.902. The van der Waals surface area contributed by atoms with Crippen LogP contribution in [0, 0.1) is 11.8 Å². The van der Waals surface area contributed by atoms with Crippen molar-refractivity contribution in [1.82, 2.24) is 4.90 Å². The van der Waals surface area contributed by atoms with Gasteiger partial charge in [0.25, 0.3) is 0 Å². The molecule has 3 heterocycles. The largest absolute Gasteiger partial charge is 0.493 e. The third-order valence-corrected chi connectivity index (χ3v) is 7.93. The summed E-state index contributed by atoms with van der Waals surface area (Å²) in [6.07, 6.45) is 3.73. The fourth-order valence-electron chi connectivity index (χ4n) is 6.12. The normalized spacial score (nSPS) is 22.8. The number of imide groups is 1. The van der Waals surface area contributed by atoms with E-state index < -0.39 is 29.8 Å². The van der Waals surface area contributed by atoms with Crippen LogP contribution in [0.1, 0.15) is 44.8 Å². The fraction of sp³-hybridized carbons (Fsp3) is 0.226. The smallest absolute Gasteiger partial charge is 0.240 e. The summed E-state index contributed by atoms with van der Waals surface area (Å²) < 4.78 is 10.7. The van der Waals surface area contributed by atoms with Crippen LogP contribution in [-0.4, -0.2) is 48.5 Å². The molecule has 39 heavy (non-hydrogen) atoms. The molecule has 3 aromatic rings. The van der Waals surface area contributed by atoms with Crippen LogP contribution >= 0.6 is 0 Å². The second-order valence-corrected chi connectivity index (χ2v) is 9.88. The van der Waals surface area contributed by atoms with Gasteiger partial charge in [-0.25, -0.2) is 4.90 Å². The third kappa shape index (κ3) is 3.66. The lowest BCUT2D eigenvalue weighted by molar-refractivity contribution is -0.123. The van der Waals surface area contributed by atoms with Gasteiger partial charge in [0.2, 0.25) is 11.8 Å². The predicted molar refractivity (Wildman–Crippen MR) is 144 cm³/mol. The number of carbonyl (C=O) groups excluding carboxylic acids is 4. The maximum atomic E-state index is 14.1. The quantitative estimate of drug-likeness (QED) is 0.352. The van der Waals surface area contributed by atoms with Crippen molar-refractivity contribution in [1.29, 1.82) is 0 Å². The van der Waals surface area contributed by atoms with E-state index in [0.29, 0.717) is 28.3 Å². The Bertz CT molecular complexity index is 1560. The number of benzene rings is 3. The molecule has 0 spiro atoms. The van der Waals surface area contributed by atoms with E-state index >= 15 is 0 Å². The summed E-state index contributed by atoms with van der Waals surface area (Å²) in [4.78, 5) is 57.0. The molecular weight excluding hydrogens is 496 g/mol. The number of anilines is 1. The molecule has 4 atom stereocenters. The van der Waals surface area contributed by atoms with Gasteiger partial charge in [-0.05, 0) is 66.6 Å². The van der Waals surface area contributed by atoms with Gasteiger partial charge in [-0.1, -0.05) is 24.3 Å². The first kappa shape index (κ1) is 24.6. The molecule has 8 heteroatoms. The van der Waals surface area contributed by atoms with Gasteiger partial charge in [0.1, 0.15) is 6.04 Å². The first-order valence-electron chi connectivity index (χ1n) is 12.7. The predicted octanol–water partition coefficient (Wildman–Crippen LogP) is 4.30. The topological polar surface area (TPSA) is 93.2 Å². The van der Waals surface area contributed by atoms with Gasteiger partial charge < -0.3 is 14.4 Å². The van der Waals surface area contributed by atoms with Gasteiger partial charge >= 0.3 is 0 Å². The number of ether oxygens (including phenoxy) is 2. The molecule has 0 saturated carbocycles. The summed E-state index contributed by atoms with van der Waals surface area (Å²) in [7, 11) is 3.01. The lowest BCUT2D eigenvalue weighted by Gasteiger charge is -2.35. The lowest BCUT2D eigenvalue weighted by Crippen LogP contribution is -2.44. The summed E-state index contributed by atoms with van der Waals surface area (Å²) in [6.45, 7) is 1.46. The number of nitrogens with zero attached hydrogens (tertiary/aromatic N) is 2. The summed E-state index contributed by atoms with van der Waals surface area (Å²) in [5, 5.41) is 0. The molecule has 3 aromatic carbocycles. The number of fused-ring (bicyclic) bond motifs is 5. The minimum absolute atomic E-state index is 0.112. The average Bonchev–Trinajstić information content (AvgIpc) is 3.44. The SMILES string of the molecule is COc1ccc(C(=O)[C@@H]2[C@@H]3C(=O)N(c4ccc(C(C)=O)cc4)C(=O)[C@@H]3C3c4ccccc4C=CN32)cc1OC. The molecule has 2 saturated heterocycles. The summed E-state index contributed by atoms with van der Waals surface area (Å²) in [5.74, 6) is -1.96. The highest BCUT2D eigenvalue weighted by Crippen LogP contribution is 2.53. The van der Waals surface area contributed by atoms with E-state index in [1.165, 1.54) is 26.0 Å². The zero-order valence-corrected chi connectivity index (χ0v) is 21.7. The second kappa shape index (κ2) is 9.23. The Hall–Kier alpha value is -4.72. The van der Waals surface area contributed by atoms with E-state index in [4.69, 9.17) is 9.47 Å². The Morgan fingerprint density at radius 2 is 1.46 bits per heavy atom. The van der Waals surface area contributed by atoms with Crippen molar-refractivity contribution in [3.63, 3.8) is 0 Å². The standard InChI is InChI=1S/C31H26N2O6/c1-17(34)18-8-11-21(12-9-18)33-30(36)25-26(31(33)37)28(29(35)20-10-13-23(38-2)24(16-20)39-3)32-15-14-19-6-4-5-7-22(19)27(25)32/h4-16,25-28H,1-3H3/t25-,26+,27?,28-/m0/s1. The number of ketones is 2. The van der Waals surface area contributed by atoms with Gasteiger partial charge in [-0.15, -0.1) is 0 Å². The first-order chi connectivity index (χ1) is 18.8. The zero-order valence-electron chi connectivity index (χ0n) is 21.7. The van der Waals surface area contributed by atoms with E-state index in [-0.39, 0.29) is 17.5 Å². The number of hydrogen-bond acceptors (Lipinski definition) is 7. The maximum absolute atomic E-state index is 14.1. The molecule has 0 aliphatic carbocycles. The highest BCUT2D eigenvalue weighted by atomic mass is 16.5. The number of hydrogen-bond donors (Lipinski definition) is 0. The molecule has 6 rings (SSSR count). The van der Waals surface area contributed by atoms with Crippen LogP contribution in [0.2, 0.25) is 0 Å². The molecule has 0 N–H and O–H groups in total. The van der Waals surface area contributed by atoms with Crippen molar-refractivity contribution in [2.24, 2.45) is 11.8 Å². The molecule has 0 radical (unpaired) electrons. The number of Topliss-reactive ketones (excluding diaryl/α,β-unsaturated/α-hetero) is 2. The Balaban J connectivity index is 1.46. The van der Waals surface area contributed by atoms with Crippen molar-refractivity contribution in [3.8, 4) is 11.5 Å². The van der Waals surface area contributed by atoms with Crippen LogP contribution in [0.3, 0.4) is 0 Å². The third-order valence-electron chi connectivity index (χ3n) is 7.93. The van der Waals surface area contributed by atoms with Crippen LogP contribution in [0.25, 0.3) is 6.08 Å². The Morgan fingerprint density at radius 1 is 0.795 bits per heavy atom. The fourth-order valence-corrected chi connectivity index (χ4v) is 6.12. The molecule has 2 fully saturated rings. The van der Waals surface area contributed by atoms with E-state index in [0.717, 1.165) is 11.1 Å². The number of methoxy groups -OCH3 is 2. The van der Waals surface area contributed by atoms with Crippen molar-refractivity contribution >= 4 is 35.1 Å². The van der Waals surface area contributed by atoms with Gasteiger partial charge in [-0.3, -0.25) is 19.2 Å². The van der Waals surface area contributed by atoms with Crippen molar-refractivity contribution < 1.29 is 28.7 Å². The van der Waals surface area contributed by atoms with Gasteiger partial charge in [0, 0.05) is 17.3 Å². The van der Waals surface area contributed by atoms with E-state index in [2.05, 4.69) is 0 Å². The summed E-state index contributed by atoms with van der Waals surface area (Å²) in [6, 6.07) is 17.6. The monoisotopic (exact) mass is 522 g/mol. The first-order valence-corrected chi connectivity index (χ1v) is 12.7. The van der Waals surface area contributed by atoms with Crippen molar-refractivity contribution in [2.75, 3.05) is 19.1 Å². The Kier molecular flexibility index (Phi) is 5.83. The molecular formula is C31H26N2O6. The van der Waals surface area contributed by atoms with Crippen LogP contribution < -0.4 is 14.4 Å². The van der Waals surface area contributed by atoms with E-state index in [9.17, 15) is 19.2 Å². The molecule has 2 amide bonds. The Morgan fingerprint density at radius 3 is 2.15 bits per heavy atom. The van der Waals surface area contributed by atoms with Gasteiger partial charge in [-0.2, -0.15) is 0 Å². The van der Waals surface area contributed by atoms with E-state index in [1.807, 2.05) is 41.4 Å². The van der Waals surface area contributed by atoms with Crippen LogP contribution in [0.15, 0.2) is 72.9 Å². The van der Waals surface area contributed by atoms with Crippen LogP contribution in [0.4, 0.5) is 5.69 Å². The van der Waals surface area contributed by atoms with Crippen molar-refractivity contribution in [2.45, 2.75) is 19.0 Å². The molecule has 1 unspecified atom stereocenters. The van der Waals surface area contributed by atoms with Gasteiger partial charge in [0.05, 0.1) is 37.8 Å². The number of carbonyl (C=O) groups is 4. The highest BCUT2D eigenvalue weighted by molar-refractivity contribution is 6.24. The molecule has 8 nitrogen and oxygen atoms in total.